The zero-order chi connectivity index (χ0) is 8.55. The van der Waals surface area contributed by atoms with E-state index in [1.54, 1.807) is 0 Å². The molecular weight excluding hydrogens is 168 g/mol. The van der Waals surface area contributed by atoms with Gasteiger partial charge in [0.25, 0.3) is 0 Å². The highest BCUT2D eigenvalue weighted by Crippen LogP contribution is 2.25. The fraction of sp³-hybridized carbons (Fsp3) is 0.667. The lowest BCUT2D eigenvalue weighted by Crippen LogP contribution is -1.95. The molecule has 0 unspecified atom stereocenters. The molecule has 0 saturated heterocycles. The maximum absolute atomic E-state index is 4.56. The van der Waals surface area contributed by atoms with Crippen molar-refractivity contribution >= 4 is 11.8 Å². The van der Waals surface area contributed by atoms with Gasteiger partial charge in [-0.2, -0.15) is 0 Å². The molecule has 1 aromatic rings. The molecule has 3 heteroatoms. The smallest absolute Gasteiger partial charge is 0.168 e. The van der Waals surface area contributed by atoms with Crippen LogP contribution in [-0.2, 0) is 13.0 Å². The second-order valence-electron chi connectivity index (χ2n) is 3.65. The zero-order valence-corrected chi connectivity index (χ0v) is 8.40. The first-order chi connectivity index (χ1) is 5.75. The van der Waals surface area contributed by atoms with Crippen molar-refractivity contribution in [2.75, 3.05) is 5.75 Å². The highest BCUT2D eigenvalue weighted by atomic mass is 32.2. The molecule has 2 rings (SSSR count). The molecule has 1 aliphatic heterocycles. The summed E-state index contributed by atoms with van der Waals surface area (Å²) in [5.74, 6) is 1.91. The molecule has 0 N–H and O–H groups in total. The van der Waals surface area contributed by atoms with Gasteiger partial charge in [-0.1, -0.05) is 25.6 Å². The molecule has 0 spiro atoms. The Morgan fingerprint density at radius 2 is 2.50 bits per heavy atom. The fourth-order valence-corrected chi connectivity index (χ4v) is 2.44. The number of fused-ring (bicyclic) bond motifs is 1. The van der Waals surface area contributed by atoms with Crippen LogP contribution in [0.4, 0.5) is 0 Å². The molecule has 0 aromatic carbocycles. The van der Waals surface area contributed by atoms with Crippen molar-refractivity contribution in [1.82, 2.24) is 9.55 Å². The van der Waals surface area contributed by atoms with Crippen LogP contribution in [0.1, 0.15) is 19.5 Å². The fourth-order valence-electron chi connectivity index (χ4n) is 1.48. The van der Waals surface area contributed by atoms with E-state index in [1.165, 1.54) is 16.6 Å². The molecule has 0 fully saturated rings. The van der Waals surface area contributed by atoms with E-state index in [0.717, 1.165) is 13.0 Å². The number of hydrogen-bond acceptors (Lipinski definition) is 2. The Hall–Kier alpha value is -0.440. The molecule has 12 heavy (non-hydrogen) atoms. The standard InChI is InChI=1S/C9H14N2S/c1-7(2)5-8-6-11-3-4-12-9(11)10-8/h6-7H,3-5H2,1-2H3. The Kier molecular flexibility index (Phi) is 2.13. The Morgan fingerprint density at radius 3 is 3.17 bits per heavy atom. The molecule has 0 aliphatic carbocycles. The molecule has 1 aromatic heterocycles. The van der Waals surface area contributed by atoms with Crippen molar-refractivity contribution in [1.29, 1.82) is 0 Å². The van der Waals surface area contributed by atoms with Crippen LogP contribution in [0.5, 0.6) is 0 Å². The molecule has 66 valence electrons. The third-order valence-corrected chi connectivity index (χ3v) is 2.94. The number of aryl methyl sites for hydroxylation is 1. The van der Waals surface area contributed by atoms with Gasteiger partial charge < -0.3 is 4.57 Å². The lowest BCUT2D eigenvalue weighted by molar-refractivity contribution is 0.635. The molecule has 0 atom stereocenters. The van der Waals surface area contributed by atoms with E-state index in [0.29, 0.717) is 5.92 Å². The van der Waals surface area contributed by atoms with Crippen LogP contribution in [0.3, 0.4) is 0 Å². The summed E-state index contributed by atoms with van der Waals surface area (Å²) in [6.45, 7) is 5.61. The number of nitrogens with zero attached hydrogens (tertiary/aromatic N) is 2. The second-order valence-corrected chi connectivity index (χ2v) is 4.72. The highest BCUT2D eigenvalue weighted by molar-refractivity contribution is 7.99. The lowest BCUT2D eigenvalue weighted by atomic mass is 10.1. The van der Waals surface area contributed by atoms with Crippen molar-refractivity contribution in [2.24, 2.45) is 5.92 Å². The minimum absolute atomic E-state index is 0.714. The molecule has 0 bridgehead atoms. The first kappa shape index (κ1) is 8.17. The van der Waals surface area contributed by atoms with E-state index in [1.807, 2.05) is 11.8 Å². The second kappa shape index (κ2) is 3.13. The van der Waals surface area contributed by atoms with Gasteiger partial charge in [0.1, 0.15) is 0 Å². The minimum Gasteiger partial charge on any atom is -0.325 e. The van der Waals surface area contributed by atoms with Crippen LogP contribution in [0, 0.1) is 5.92 Å². The van der Waals surface area contributed by atoms with Crippen molar-refractivity contribution in [2.45, 2.75) is 32.0 Å². The summed E-state index contributed by atoms with van der Waals surface area (Å²) in [6, 6.07) is 0. The van der Waals surface area contributed by atoms with Gasteiger partial charge in [0, 0.05) is 18.5 Å². The number of hydrogen-bond donors (Lipinski definition) is 0. The van der Waals surface area contributed by atoms with E-state index in [2.05, 4.69) is 29.6 Å². The van der Waals surface area contributed by atoms with Crippen LogP contribution < -0.4 is 0 Å². The van der Waals surface area contributed by atoms with Crippen LogP contribution in [0.2, 0.25) is 0 Å². The molecule has 0 amide bonds. The first-order valence-electron chi connectivity index (χ1n) is 4.44. The summed E-state index contributed by atoms with van der Waals surface area (Å²) in [6.07, 6.45) is 3.32. The van der Waals surface area contributed by atoms with Crippen LogP contribution >= 0.6 is 11.8 Å². The molecule has 1 aliphatic rings. The summed E-state index contributed by atoms with van der Waals surface area (Å²) >= 11 is 1.87. The van der Waals surface area contributed by atoms with E-state index in [9.17, 15) is 0 Å². The van der Waals surface area contributed by atoms with Gasteiger partial charge >= 0.3 is 0 Å². The van der Waals surface area contributed by atoms with Crippen LogP contribution in [0.15, 0.2) is 11.4 Å². The monoisotopic (exact) mass is 182 g/mol. The number of aromatic nitrogens is 2. The average molecular weight is 182 g/mol. The summed E-state index contributed by atoms with van der Waals surface area (Å²) in [5, 5.41) is 1.21. The normalized spacial score (nSPS) is 15.6. The Morgan fingerprint density at radius 1 is 1.67 bits per heavy atom. The molecule has 2 heterocycles. The highest BCUT2D eigenvalue weighted by Gasteiger charge is 2.14. The predicted molar refractivity (Wildman–Crippen MR) is 51.5 cm³/mol. The van der Waals surface area contributed by atoms with E-state index >= 15 is 0 Å². The maximum atomic E-state index is 4.56. The van der Waals surface area contributed by atoms with Gasteiger partial charge in [0.2, 0.25) is 0 Å². The predicted octanol–water partition coefficient (Wildman–Crippen LogP) is 2.19. The van der Waals surface area contributed by atoms with Gasteiger partial charge in [-0.15, -0.1) is 0 Å². The summed E-state index contributed by atoms with van der Waals surface area (Å²) in [7, 11) is 0. The van der Waals surface area contributed by atoms with Crippen LogP contribution in [0.25, 0.3) is 0 Å². The molecule has 0 radical (unpaired) electrons. The Bertz CT molecular complexity index is 257. The quantitative estimate of drug-likeness (QED) is 0.697. The molecular formula is C9H14N2S. The van der Waals surface area contributed by atoms with Gasteiger partial charge in [0.05, 0.1) is 5.69 Å². The zero-order valence-electron chi connectivity index (χ0n) is 7.58. The summed E-state index contributed by atoms with van der Waals surface area (Å²) < 4.78 is 2.27. The SMILES string of the molecule is CC(C)Cc1cn2c(n1)SCC2. The Labute approximate surface area is 77.4 Å². The van der Waals surface area contributed by atoms with Gasteiger partial charge in [-0.05, 0) is 12.3 Å². The topological polar surface area (TPSA) is 17.8 Å². The summed E-state index contributed by atoms with van der Waals surface area (Å²) in [5.41, 5.74) is 1.26. The van der Waals surface area contributed by atoms with Gasteiger partial charge in [-0.3, -0.25) is 0 Å². The lowest BCUT2D eigenvalue weighted by Gasteiger charge is -1.99. The maximum Gasteiger partial charge on any atom is 0.168 e. The van der Waals surface area contributed by atoms with Crippen molar-refractivity contribution in [3.63, 3.8) is 0 Å². The molecule has 2 nitrogen and oxygen atoms in total. The minimum atomic E-state index is 0.714. The van der Waals surface area contributed by atoms with Crippen molar-refractivity contribution in [3.8, 4) is 0 Å². The number of rotatable bonds is 2. The third-order valence-electron chi connectivity index (χ3n) is 1.97. The van der Waals surface area contributed by atoms with E-state index < -0.39 is 0 Å². The third kappa shape index (κ3) is 1.51. The van der Waals surface area contributed by atoms with Crippen molar-refractivity contribution < 1.29 is 0 Å². The summed E-state index contributed by atoms with van der Waals surface area (Å²) in [4.78, 5) is 4.56. The van der Waals surface area contributed by atoms with Crippen molar-refractivity contribution in [3.05, 3.63) is 11.9 Å². The average Bonchev–Trinajstić information content (AvgIpc) is 2.43. The van der Waals surface area contributed by atoms with E-state index in [4.69, 9.17) is 0 Å². The Balaban J connectivity index is 2.15. The van der Waals surface area contributed by atoms with E-state index in [-0.39, 0.29) is 0 Å². The largest absolute Gasteiger partial charge is 0.325 e. The first-order valence-corrected chi connectivity index (χ1v) is 5.43. The number of thioether (sulfide) groups is 1. The van der Waals surface area contributed by atoms with Gasteiger partial charge in [-0.25, -0.2) is 4.98 Å². The molecule has 0 saturated carbocycles. The van der Waals surface area contributed by atoms with Gasteiger partial charge in [0.15, 0.2) is 5.16 Å². The number of imidazole rings is 1. The van der Waals surface area contributed by atoms with Crippen LogP contribution in [-0.4, -0.2) is 15.3 Å².